The van der Waals surface area contributed by atoms with Crippen LogP contribution in [-0.2, 0) is 0 Å². The Balaban J connectivity index is 2.17. The summed E-state index contributed by atoms with van der Waals surface area (Å²) in [5.74, 6) is 1.03. The number of para-hydroxylation sites is 1. The first-order valence-electron chi connectivity index (χ1n) is 7.12. The number of phenols is 1. The number of aromatic nitrogens is 1. The molecule has 3 rings (SSSR count). The number of phenolic OH excluding ortho intramolecular Hbond substituents is 1. The van der Waals surface area contributed by atoms with Gasteiger partial charge in [-0.3, -0.25) is 4.98 Å². The fourth-order valence-electron chi connectivity index (χ4n) is 2.63. The Kier molecular flexibility index (Phi) is 4.05. The third-order valence-corrected chi connectivity index (χ3v) is 3.66. The van der Waals surface area contributed by atoms with Crippen molar-refractivity contribution in [3.63, 3.8) is 0 Å². The number of nitrogens with zero attached hydrogens (tertiary/aromatic N) is 1. The average Bonchev–Trinajstić information content (AvgIpc) is 2.58. The van der Waals surface area contributed by atoms with Gasteiger partial charge in [-0.25, -0.2) is 0 Å². The fourth-order valence-corrected chi connectivity index (χ4v) is 2.63. The second-order valence-corrected chi connectivity index (χ2v) is 5.02. The molecule has 0 saturated heterocycles. The van der Waals surface area contributed by atoms with Crippen LogP contribution in [0, 0.1) is 0 Å². The molecule has 1 N–H and O–H groups in total. The molecule has 1 unspecified atom stereocenters. The molecule has 0 fully saturated rings. The molecular formula is C19H17NO2. The normalized spacial score (nSPS) is 11.9. The predicted molar refractivity (Wildman–Crippen MR) is 86.3 cm³/mol. The van der Waals surface area contributed by atoms with E-state index in [1.54, 1.807) is 25.4 Å². The molecule has 3 heteroatoms. The Labute approximate surface area is 129 Å². The zero-order valence-electron chi connectivity index (χ0n) is 12.3. The third-order valence-electron chi connectivity index (χ3n) is 3.66. The Bertz CT molecular complexity index is 739. The van der Waals surface area contributed by atoms with E-state index < -0.39 is 0 Å². The van der Waals surface area contributed by atoms with E-state index in [1.807, 2.05) is 54.6 Å². The monoisotopic (exact) mass is 291 g/mol. The van der Waals surface area contributed by atoms with Gasteiger partial charge in [-0.05, 0) is 35.9 Å². The minimum absolute atomic E-state index is 0.0436. The van der Waals surface area contributed by atoms with Crippen molar-refractivity contribution in [2.45, 2.75) is 5.92 Å². The summed E-state index contributed by atoms with van der Waals surface area (Å²) in [6, 6.07) is 21.1. The van der Waals surface area contributed by atoms with Crippen LogP contribution >= 0.6 is 0 Å². The van der Waals surface area contributed by atoms with Crippen LogP contribution in [0.5, 0.6) is 11.5 Å². The Hall–Kier alpha value is -2.81. The summed E-state index contributed by atoms with van der Waals surface area (Å²) in [6.07, 6.45) is 1.79. The maximum absolute atomic E-state index is 9.54. The molecule has 0 radical (unpaired) electrons. The quantitative estimate of drug-likeness (QED) is 0.790. The molecule has 1 atom stereocenters. The number of hydrogen-bond donors (Lipinski definition) is 1. The molecule has 1 heterocycles. The summed E-state index contributed by atoms with van der Waals surface area (Å²) in [5, 5.41) is 9.54. The van der Waals surface area contributed by atoms with Crippen molar-refractivity contribution >= 4 is 0 Å². The van der Waals surface area contributed by atoms with E-state index in [1.165, 1.54) is 0 Å². The van der Waals surface area contributed by atoms with E-state index in [2.05, 4.69) is 4.98 Å². The summed E-state index contributed by atoms with van der Waals surface area (Å²) in [6.45, 7) is 0. The van der Waals surface area contributed by atoms with Crippen molar-refractivity contribution in [2.24, 2.45) is 0 Å². The standard InChI is InChI=1S/C19H17NO2/c1-22-18-8-3-2-6-16(18)19(17-7-4-5-13-20-17)14-9-11-15(21)12-10-14/h2-13,19,21H,1H3. The summed E-state index contributed by atoms with van der Waals surface area (Å²) in [5.41, 5.74) is 3.05. The lowest BCUT2D eigenvalue weighted by Crippen LogP contribution is -2.07. The summed E-state index contributed by atoms with van der Waals surface area (Å²) >= 11 is 0. The SMILES string of the molecule is COc1ccccc1C(c1ccc(O)cc1)c1ccccn1. The number of ether oxygens (including phenoxy) is 1. The van der Waals surface area contributed by atoms with Gasteiger partial charge in [0.2, 0.25) is 0 Å². The molecule has 0 aliphatic carbocycles. The highest BCUT2D eigenvalue weighted by atomic mass is 16.5. The summed E-state index contributed by atoms with van der Waals surface area (Å²) < 4.78 is 5.52. The van der Waals surface area contributed by atoms with E-state index in [9.17, 15) is 5.11 Å². The lowest BCUT2D eigenvalue weighted by Gasteiger charge is -2.20. The topological polar surface area (TPSA) is 42.4 Å². The van der Waals surface area contributed by atoms with Crippen LogP contribution in [0.3, 0.4) is 0 Å². The van der Waals surface area contributed by atoms with Crippen LogP contribution < -0.4 is 4.74 Å². The van der Waals surface area contributed by atoms with Crippen molar-refractivity contribution in [1.82, 2.24) is 4.98 Å². The van der Waals surface area contributed by atoms with Crippen LogP contribution in [0.1, 0.15) is 22.7 Å². The van der Waals surface area contributed by atoms with Crippen LogP contribution in [0.25, 0.3) is 0 Å². The van der Waals surface area contributed by atoms with Crippen molar-refractivity contribution in [2.75, 3.05) is 7.11 Å². The first-order chi connectivity index (χ1) is 10.8. The summed E-state index contributed by atoms with van der Waals surface area (Å²) in [7, 11) is 1.67. The molecule has 0 bridgehead atoms. The molecule has 110 valence electrons. The molecule has 0 saturated carbocycles. The third kappa shape index (κ3) is 2.79. The molecule has 2 aromatic carbocycles. The minimum atomic E-state index is -0.0436. The highest BCUT2D eigenvalue weighted by molar-refractivity contribution is 5.48. The molecule has 3 nitrogen and oxygen atoms in total. The zero-order valence-corrected chi connectivity index (χ0v) is 12.3. The largest absolute Gasteiger partial charge is 0.508 e. The van der Waals surface area contributed by atoms with Crippen LogP contribution in [-0.4, -0.2) is 17.2 Å². The van der Waals surface area contributed by atoms with Crippen LogP contribution in [0.15, 0.2) is 72.9 Å². The predicted octanol–water partition coefficient (Wildman–Crippen LogP) is 3.98. The van der Waals surface area contributed by atoms with E-state index >= 15 is 0 Å². The first kappa shape index (κ1) is 14.1. The Morgan fingerprint density at radius 1 is 0.909 bits per heavy atom. The second-order valence-electron chi connectivity index (χ2n) is 5.02. The molecular weight excluding hydrogens is 274 g/mol. The first-order valence-corrected chi connectivity index (χ1v) is 7.12. The van der Waals surface area contributed by atoms with Gasteiger partial charge in [0.1, 0.15) is 11.5 Å². The molecule has 3 aromatic rings. The fraction of sp³-hybridized carbons (Fsp3) is 0.105. The Morgan fingerprint density at radius 3 is 2.32 bits per heavy atom. The highest BCUT2D eigenvalue weighted by Crippen LogP contribution is 2.36. The minimum Gasteiger partial charge on any atom is -0.508 e. The summed E-state index contributed by atoms with van der Waals surface area (Å²) in [4.78, 5) is 4.51. The molecule has 0 aliphatic heterocycles. The van der Waals surface area contributed by atoms with Gasteiger partial charge < -0.3 is 9.84 Å². The van der Waals surface area contributed by atoms with Gasteiger partial charge in [-0.2, -0.15) is 0 Å². The number of aromatic hydroxyl groups is 1. The van der Waals surface area contributed by atoms with E-state index in [0.29, 0.717) is 0 Å². The zero-order chi connectivity index (χ0) is 15.4. The van der Waals surface area contributed by atoms with Gasteiger partial charge >= 0.3 is 0 Å². The molecule has 0 amide bonds. The van der Waals surface area contributed by atoms with Crippen molar-refractivity contribution in [1.29, 1.82) is 0 Å². The number of hydrogen-bond acceptors (Lipinski definition) is 3. The smallest absolute Gasteiger partial charge is 0.123 e. The highest BCUT2D eigenvalue weighted by Gasteiger charge is 2.21. The van der Waals surface area contributed by atoms with Gasteiger partial charge in [0.15, 0.2) is 0 Å². The second kappa shape index (κ2) is 6.31. The molecule has 0 aliphatic rings. The molecule has 22 heavy (non-hydrogen) atoms. The van der Waals surface area contributed by atoms with Crippen molar-refractivity contribution in [3.8, 4) is 11.5 Å². The maximum atomic E-state index is 9.54. The number of methoxy groups -OCH3 is 1. The van der Waals surface area contributed by atoms with Gasteiger partial charge in [0.05, 0.1) is 18.7 Å². The number of rotatable bonds is 4. The number of pyridine rings is 1. The van der Waals surface area contributed by atoms with Gasteiger partial charge in [-0.1, -0.05) is 36.4 Å². The van der Waals surface area contributed by atoms with E-state index in [-0.39, 0.29) is 11.7 Å². The van der Waals surface area contributed by atoms with Crippen LogP contribution in [0.4, 0.5) is 0 Å². The maximum Gasteiger partial charge on any atom is 0.123 e. The average molecular weight is 291 g/mol. The van der Waals surface area contributed by atoms with E-state index in [0.717, 1.165) is 22.6 Å². The lowest BCUT2D eigenvalue weighted by atomic mass is 9.87. The lowest BCUT2D eigenvalue weighted by molar-refractivity contribution is 0.409. The van der Waals surface area contributed by atoms with Crippen molar-refractivity contribution in [3.05, 3.63) is 89.7 Å². The molecule has 1 aromatic heterocycles. The molecule has 0 spiro atoms. The van der Waals surface area contributed by atoms with Gasteiger partial charge in [0.25, 0.3) is 0 Å². The Morgan fingerprint density at radius 2 is 1.64 bits per heavy atom. The van der Waals surface area contributed by atoms with Gasteiger partial charge in [0, 0.05) is 11.8 Å². The number of benzene rings is 2. The van der Waals surface area contributed by atoms with Crippen molar-refractivity contribution < 1.29 is 9.84 Å². The van der Waals surface area contributed by atoms with E-state index in [4.69, 9.17) is 4.74 Å². The van der Waals surface area contributed by atoms with Gasteiger partial charge in [-0.15, -0.1) is 0 Å². The van der Waals surface area contributed by atoms with Crippen LogP contribution in [0.2, 0.25) is 0 Å².